The number of anilines is 1. The number of fused-ring (bicyclic) bond motifs is 1. The van der Waals surface area contributed by atoms with Crippen molar-refractivity contribution in [3.8, 4) is 5.75 Å². The van der Waals surface area contributed by atoms with Crippen molar-refractivity contribution in [2.24, 2.45) is 0 Å². The highest BCUT2D eigenvalue weighted by Gasteiger charge is 2.33. The first-order valence-electron chi connectivity index (χ1n) is 10.2. The maximum Gasteiger partial charge on any atom is 0.433 e. The van der Waals surface area contributed by atoms with Gasteiger partial charge in [0.15, 0.2) is 0 Å². The average Bonchev–Trinajstić information content (AvgIpc) is 3.10. The number of rotatable bonds is 4. The summed E-state index contributed by atoms with van der Waals surface area (Å²) in [5, 5.41) is 2.91. The Hall–Kier alpha value is -2.77. The molecule has 1 aliphatic heterocycles. The van der Waals surface area contributed by atoms with E-state index in [1.54, 1.807) is 4.90 Å². The third-order valence-electron chi connectivity index (χ3n) is 5.52. The van der Waals surface area contributed by atoms with Crippen molar-refractivity contribution in [2.75, 3.05) is 18.4 Å². The highest BCUT2D eigenvalue weighted by atomic mass is 19.4. The smallest absolute Gasteiger partial charge is 0.433 e. The van der Waals surface area contributed by atoms with Gasteiger partial charge in [0.1, 0.15) is 17.3 Å². The van der Waals surface area contributed by atoms with Crippen LogP contribution in [0.15, 0.2) is 36.4 Å². The lowest BCUT2D eigenvalue weighted by Gasteiger charge is -2.21. The standard InChI is InChI=1S/C22H24F3N3O2/c23-22(24,25)19-9-8-16-14-28(11-10-26-21(16)27-19)20(29)13-15-4-3-7-18(12-15)30-17-5-1-2-6-17/h3-4,7-9,12,17H,1-2,5-6,10-11,13-14H2,(H,26,27). The van der Waals surface area contributed by atoms with E-state index in [0.717, 1.165) is 30.2 Å². The van der Waals surface area contributed by atoms with E-state index in [0.29, 0.717) is 18.7 Å². The number of benzene rings is 1. The van der Waals surface area contributed by atoms with Crippen molar-refractivity contribution in [1.82, 2.24) is 9.88 Å². The van der Waals surface area contributed by atoms with Gasteiger partial charge in [-0.05, 0) is 49.4 Å². The topological polar surface area (TPSA) is 54.5 Å². The lowest BCUT2D eigenvalue weighted by Crippen LogP contribution is -2.33. The number of aromatic nitrogens is 1. The Morgan fingerprint density at radius 2 is 2.00 bits per heavy atom. The first kappa shape index (κ1) is 20.5. The molecule has 2 heterocycles. The van der Waals surface area contributed by atoms with Crippen LogP contribution in [-0.2, 0) is 23.9 Å². The molecule has 8 heteroatoms. The number of nitrogens with zero attached hydrogens (tertiary/aromatic N) is 2. The van der Waals surface area contributed by atoms with Crippen LogP contribution < -0.4 is 10.1 Å². The van der Waals surface area contributed by atoms with E-state index in [1.165, 1.54) is 18.9 Å². The second-order valence-electron chi connectivity index (χ2n) is 7.79. The second-order valence-corrected chi connectivity index (χ2v) is 7.79. The van der Waals surface area contributed by atoms with Crippen LogP contribution in [0.1, 0.15) is 42.5 Å². The maximum absolute atomic E-state index is 12.9. The molecule has 30 heavy (non-hydrogen) atoms. The van der Waals surface area contributed by atoms with Crippen LogP contribution in [0.3, 0.4) is 0 Å². The summed E-state index contributed by atoms with van der Waals surface area (Å²) in [6.07, 6.45) is 0.466. The number of hydrogen-bond donors (Lipinski definition) is 1. The summed E-state index contributed by atoms with van der Waals surface area (Å²) in [7, 11) is 0. The molecule has 2 aliphatic rings. The summed E-state index contributed by atoms with van der Waals surface area (Å²) in [6.45, 7) is 0.970. The summed E-state index contributed by atoms with van der Waals surface area (Å²) in [5.74, 6) is 0.883. The third-order valence-corrected chi connectivity index (χ3v) is 5.52. The maximum atomic E-state index is 12.9. The lowest BCUT2D eigenvalue weighted by molar-refractivity contribution is -0.141. The van der Waals surface area contributed by atoms with Crippen molar-refractivity contribution in [2.45, 2.75) is 50.9 Å². The van der Waals surface area contributed by atoms with Crippen LogP contribution in [0.2, 0.25) is 0 Å². The lowest BCUT2D eigenvalue weighted by atomic mass is 10.1. The first-order chi connectivity index (χ1) is 14.4. The van der Waals surface area contributed by atoms with E-state index in [4.69, 9.17) is 4.74 Å². The van der Waals surface area contributed by atoms with Crippen LogP contribution in [0, 0.1) is 0 Å². The van der Waals surface area contributed by atoms with Crippen molar-refractivity contribution >= 4 is 11.7 Å². The third kappa shape index (κ3) is 4.86. The zero-order chi connectivity index (χ0) is 21.1. The molecule has 0 radical (unpaired) electrons. The number of pyridine rings is 1. The van der Waals surface area contributed by atoms with E-state index < -0.39 is 11.9 Å². The molecule has 4 rings (SSSR count). The molecule has 1 saturated carbocycles. The van der Waals surface area contributed by atoms with E-state index in [2.05, 4.69) is 10.3 Å². The minimum Gasteiger partial charge on any atom is -0.490 e. The van der Waals surface area contributed by atoms with Crippen molar-refractivity contribution < 1.29 is 22.7 Å². The Morgan fingerprint density at radius 1 is 1.20 bits per heavy atom. The number of carbonyl (C=O) groups is 1. The summed E-state index contributed by atoms with van der Waals surface area (Å²) >= 11 is 0. The van der Waals surface area contributed by atoms with Crippen LogP contribution in [0.25, 0.3) is 0 Å². The monoisotopic (exact) mass is 419 g/mol. The molecule has 0 bridgehead atoms. The van der Waals surface area contributed by atoms with Gasteiger partial charge >= 0.3 is 6.18 Å². The molecular formula is C22H24F3N3O2. The zero-order valence-electron chi connectivity index (χ0n) is 16.5. The molecule has 5 nitrogen and oxygen atoms in total. The molecule has 0 saturated heterocycles. The molecule has 0 unspecified atom stereocenters. The largest absolute Gasteiger partial charge is 0.490 e. The van der Waals surface area contributed by atoms with E-state index in [9.17, 15) is 18.0 Å². The Morgan fingerprint density at radius 3 is 2.77 bits per heavy atom. The number of carbonyl (C=O) groups excluding carboxylic acids is 1. The van der Waals surface area contributed by atoms with E-state index in [-0.39, 0.29) is 30.8 Å². The molecule has 1 aromatic heterocycles. The Bertz CT molecular complexity index is 911. The summed E-state index contributed by atoms with van der Waals surface area (Å²) in [4.78, 5) is 18.2. The van der Waals surface area contributed by atoms with Gasteiger partial charge < -0.3 is 15.0 Å². The number of nitrogens with one attached hydrogen (secondary N) is 1. The number of halogens is 3. The molecule has 2 aromatic rings. The SMILES string of the molecule is O=C(Cc1cccc(OC2CCCC2)c1)N1CCNc2nc(C(F)(F)F)ccc2C1. The Labute approximate surface area is 173 Å². The summed E-state index contributed by atoms with van der Waals surface area (Å²) < 4.78 is 44.7. The van der Waals surface area contributed by atoms with Crippen LogP contribution in [-0.4, -0.2) is 35.0 Å². The molecule has 1 N–H and O–H groups in total. The van der Waals surface area contributed by atoms with Gasteiger partial charge in [-0.15, -0.1) is 0 Å². The molecule has 1 aliphatic carbocycles. The molecule has 1 amide bonds. The van der Waals surface area contributed by atoms with Gasteiger partial charge in [-0.1, -0.05) is 18.2 Å². The Kier molecular flexibility index (Phi) is 5.83. The fraction of sp³-hybridized carbons (Fsp3) is 0.455. The molecule has 1 aromatic carbocycles. The molecule has 1 fully saturated rings. The highest BCUT2D eigenvalue weighted by molar-refractivity contribution is 5.79. The van der Waals surface area contributed by atoms with Crippen LogP contribution in [0.4, 0.5) is 19.0 Å². The van der Waals surface area contributed by atoms with Gasteiger partial charge in [0.2, 0.25) is 5.91 Å². The fourth-order valence-electron chi connectivity index (χ4n) is 3.95. The normalized spacial score (nSPS) is 17.2. The molecular weight excluding hydrogens is 395 g/mol. The summed E-state index contributed by atoms with van der Waals surface area (Å²) in [6, 6.07) is 9.92. The van der Waals surface area contributed by atoms with Gasteiger partial charge in [-0.25, -0.2) is 4.98 Å². The predicted molar refractivity (Wildman–Crippen MR) is 106 cm³/mol. The number of hydrogen-bond acceptors (Lipinski definition) is 4. The average molecular weight is 419 g/mol. The molecule has 0 atom stereocenters. The van der Waals surface area contributed by atoms with Gasteiger partial charge in [-0.3, -0.25) is 4.79 Å². The van der Waals surface area contributed by atoms with Gasteiger partial charge in [0, 0.05) is 25.2 Å². The number of ether oxygens (including phenoxy) is 1. The minimum atomic E-state index is -4.50. The first-order valence-corrected chi connectivity index (χ1v) is 10.2. The van der Waals surface area contributed by atoms with Crippen LogP contribution in [0.5, 0.6) is 5.75 Å². The Balaban J connectivity index is 1.42. The van der Waals surface area contributed by atoms with Crippen molar-refractivity contribution in [3.05, 3.63) is 53.2 Å². The number of amides is 1. The van der Waals surface area contributed by atoms with Crippen LogP contribution >= 0.6 is 0 Å². The van der Waals surface area contributed by atoms with Gasteiger partial charge in [0.25, 0.3) is 0 Å². The van der Waals surface area contributed by atoms with Crippen molar-refractivity contribution in [3.63, 3.8) is 0 Å². The van der Waals surface area contributed by atoms with E-state index >= 15 is 0 Å². The second kappa shape index (κ2) is 8.53. The fourth-order valence-corrected chi connectivity index (χ4v) is 3.95. The number of alkyl halides is 3. The van der Waals surface area contributed by atoms with Gasteiger partial charge in [0.05, 0.1) is 12.5 Å². The molecule has 160 valence electrons. The summed E-state index contributed by atoms with van der Waals surface area (Å²) in [5.41, 5.74) is 0.498. The zero-order valence-corrected chi connectivity index (χ0v) is 16.5. The van der Waals surface area contributed by atoms with E-state index in [1.807, 2.05) is 24.3 Å². The molecule has 0 spiro atoms. The minimum absolute atomic E-state index is 0.0810. The van der Waals surface area contributed by atoms with Crippen molar-refractivity contribution in [1.29, 1.82) is 0 Å². The quantitative estimate of drug-likeness (QED) is 0.797. The predicted octanol–water partition coefficient (Wildman–Crippen LogP) is 4.42. The highest BCUT2D eigenvalue weighted by Crippen LogP contribution is 2.30. The van der Waals surface area contributed by atoms with Gasteiger partial charge in [-0.2, -0.15) is 13.2 Å².